The highest BCUT2D eigenvalue weighted by Gasteiger charge is 2.08. The van der Waals surface area contributed by atoms with E-state index in [0.29, 0.717) is 5.57 Å². The van der Waals surface area contributed by atoms with Gasteiger partial charge in [-0.25, -0.2) is 4.98 Å². The van der Waals surface area contributed by atoms with Crippen LogP contribution in [0.15, 0.2) is 78.9 Å². The molecular formula is C22H14N2S. The van der Waals surface area contributed by atoms with Gasteiger partial charge in [0.15, 0.2) is 0 Å². The summed E-state index contributed by atoms with van der Waals surface area (Å²) >= 11 is 1.55. The van der Waals surface area contributed by atoms with Crippen molar-refractivity contribution in [1.82, 2.24) is 4.98 Å². The quantitative estimate of drug-likeness (QED) is 0.428. The smallest absolute Gasteiger partial charge is 0.135 e. The van der Waals surface area contributed by atoms with Crippen LogP contribution in [0.3, 0.4) is 0 Å². The molecule has 0 bridgehead atoms. The van der Waals surface area contributed by atoms with Gasteiger partial charge >= 0.3 is 0 Å². The van der Waals surface area contributed by atoms with Gasteiger partial charge in [0.2, 0.25) is 0 Å². The average molecular weight is 338 g/mol. The normalized spacial score (nSPS) is 11.4. The highest BCUT2D eigenvalue weighted by atomic mass is 32.1. The molecule has 25 heavy (non-hydrogen) atoms. The van der Waals surface area contributed by atoms with Crippen LogP contribution in [0, 0.1) is 11.3 Å². The molecule has 4 aromatic rings. The average Bonchev–Trinajstić information content (AvgIpc) is 3.11. The van der Waals surface area contributed by atoms with Crippen LogP contribution in [0.2, 0.25) is 0 Å². The van der Waals surface area contributed by atoms with Crippen LogP contribution in [0.25, 0.3) is 33.0 Å². The molecule has 4 rings (SSSR count). The minimum absolute atomic E-state index is 0.591. The number of rotatable bonds is 3. The third kappa shape index (κ3) is 3.21. The standard InChI is InChI=1S/C22H14N2S/c23-15-19(22-24-20-8-4-5-9-21(20)25-22)14-16-10-12-18(13-11-16)17-6-2-1-3-7-17/h1-14H/b19-14+. The number of hydrogen-bond acceptors (Lipinski definition) is 3. The van der Waals surface area contributed by atoms with Gasteiger partial charge in [-0.1, -0.05) is 66.7 Å². The van der Waals surface area contributed by atoms with Gasteiger partial charge in [-0.15, -0.1) is 11.3 Å². The Morgan fingerprint density at radius 1 is 0.840 bits per heavy atom. The van der Waals surface area contributed by atoms with Crippen LogP contribution < -0.4 is 0 Å². The number of allylic oxidation sites excluding steroid dienone is 1. The predicted molar refractivity (Wildman–Crippen MR) is 105 cm³/mol. The second-order valence-electron chi connectivity index (χ2n) is 5.64. The van der Waals surface area contributed by atoms with Gasteiger partial charge in [0.25, 0.3) is 0 Å². The second kappa shape index (κ2) is 6.72. The van der Waals surface area contributed by atoms with Crippen molar-refractivity contribution in [3.05, 3.63) is 89.4 Å². The molecule has 0 saturated carbocycles. The molecule has 0 aliphatic carbocycles. The number of para-hydroxylation sites is 1. The highest BCUT2D eigenvalue weighted by molar-refractivity contribution is 7.19. The van der Waals surface area contributed by atoms with Crippen molar-refractivity contribution in [1.29, 1.82) is 5.26 Å². The molecule has 0 radical (unpaired) electrons. The summed E-state index contributed by atoms with van der Waals surface area (Å²) in [7, 11) is 0. The molecule has 118 valence electrons. The van der Waals surface area contributed by atoms with Gasteiger partial charge < -0.3 is 0 Å². The lowest BCUT2D eigenvalue weighted by Gasteiger charge is -2.02. The summed E-state index contributed by atoms with van der Waals surface area (Å²) in [5, 5.41) is 10.3. The minimum Gasteiger partial charge on any atom is -0.235 e. The Labute approximate surface area is 150 Å². The van der Waals surface area contributed by atoms with Crippen molar-refractivity contribution in [2.45, 2.75) is 0 Å². The Morgan fingerprint density at radius 2 is 1.52 bits per heavy atom. The van der Waals surface area contributed by atoms with Gasteiger partial charge in [0, 0.05) is 0 Å². The Hall–Kier alpha value is -3.22. The maximum atomic E-state index is 9.55. The number of fused-ring (bicyclic) bond motifs is 1. The van der Waals surface area contributed by atoms with Crippen LogP contribution in [0.5, 0.6) is 0 Å². The summed E-state index contributed by atoms with van der Waals surface area (Å²) < 4.78 is 1.10. The fraction of sp³-hybridized carbons (Fsp3) is 0. The Kier molecular flexibility index (Phi) is 4.12. The summed E-state index contributed by atoms with van der Waals surface area (Å²) in [5.41, 5.74) is 4.87. The summed E-state index contributed by atoms with van der Waals surface area (Å²) in [6, 6.07) is 28.7. The van der Waals surface area contributed by atoms with Crippen molar-refractivity contribution < 1.29 is 0 Å². The minimum atomic E-state index is 0.591. The predicted octanol–water partition coefficient (Wildman–Crippen LogP) is 6.03. The van der Waals surface area contributed by atoms with Crippen molar-refractivity contribution in [2.75, 3.05) is 0 Å². The van der Waals surface area contributed by atoms with E-state index in [0.717, 1.165) is 26.4 Å². The molecule has 0 fully saturated rings. The van der Waals surface area contributed by atoms with Gasteiger partial charge in [0.1, 0.15) is 11.1 Å². The number of aromatic nitrogens is 1. The molecule has 0 saturated heterocycles. The van der Waals surface area contributed by atoms with Gasteiger partial charge in [-0.3, -0.25) is 0 Å². The van der Waals surface area contributed by atoms with E-state index in [4.69, 9.17) is 0 Å². The first-order chi connectivity index (χ1) is 12.3. The van der Waals surface area contributed by atoms with E-state index in [1.54, 1.807) is 11.3 Å². The second-order valence-corrected chi connectivity index (χ2v) is 6.68. The van der Waals surface area contributed by atoms with E-state index in [2.05, 4.69) is 35.3 Å². The highest BCUT2D eigenvalue weighted by Crippen LogP contribution is 2.28. The topological polar surface area (TPSA) is 36.7 Å². The lowest BCUT2D eigenvalue weighted by atomic mass is 10.0. The maximum Gasteiger partial charge on any atom is 0.135 e. The Balaban J connectivity index is 1.67. The van der Waals surface area contributed by atoms with Crippen molar-refractivity contribution >= 4 is 33.2 Å². The summed E-state index contributed by atoms with van der Waals surface area (Å²) in [4.78, 5) is 4.57. The first kappa shape index (κ1) is 15.3. The van der Waals surface area contributed by atoms with E-state index in [-0.39, 0.29) is 0 Å². The van der Waals surface area contributed by atoms with E-state index in [1.165, 1.54) is 5.56 Å². The molecule has 0 spiro atoms. The van der Waals surface area contributed by atoms with Gasteiger partial charge in [-0.2, -0.15) is 5.26 Å². The molecule has 3 heteroatoms. The zero-order valence-electron chi connectivity index (χ0n) is 13.4. The van der Waals surface area contributed by atoms with Crippen LogP contribution >= 0.6 is 11.3 Å². The molecule has 0 aliphatic heterocycles. The number of nitrogens with zero attached hydrogens (tertiary/aromatic N) is 2. The molecule has 0 amide bonds. The maximum absolute atomic E-state index is 9.55. The molecule has 0 N–H and O–H groups in total. The molecule has 0 aliphatic rings. The van der Waals surface area contributed by atoms with E-state index < -0.39 is 0 Å². The molecule has 0 unspecified atom stereocenters. The van der Waals surface area contributed by atoms with E-state index in [1.807, 2.05) is 60.7 Å². The number of benzene rings is 3. The lowest BCUT2D eigenvalue weighted by molar-refractivity contribution is 1.43. The number of nitriles is 1. The first-order valence-electron chi connectivity index (χ1n) is 7.97. The molecular weight excluding hydrogens is 324 g/mol. The molecule has 1 heterocycles. The fourth-order valence-corrected chi connectivity index (χ4v) is 3.63. The number of hydrogen-bond donors (Lipinski definition) is 0. The van der Waals surface area contributed by atoms with Crippen LogP contribution in [0.4, 0.5) is 0 Å². The largest absolute Gasteiger partial charge is 0.235 e. The molecule has 0 atom stereocenters. The first-order valence-corrected chi connectivity index (χ1v) is 8.78. The van der Waals surface area contributed by atoms with E-state index in [9.17, 15) is 5.26 Å². The molecule has 2 nitrogen and oxygen atoms in total. The van der Waals surface area contributed by atoms with Crippen LogP contribution in [-0.4, -0.2) is 4.98 Å². The van der Waals surface area contributed by atoms with Crippen molar-refractivity contribution in [3.8, 4) is 17.2 Å². The van der Waals surface area contributed by atoms with Crippen molar-refractivity contribution in [3.63, 3.8) is 0 Å². The third-order valence-corrected chi connectivity index (χ3v) is 5.04. The van der Waals surface area contributed by atoms with Gasteiger partial charge in [0.05, 0.1) is 15.8 Å². The fourth-order valence-electron chi connectivity index (χ4n) is 2.70. The Morgan fingerprint density at radius 3 is 2.24 bits per heavy atom. The summed E-state index contributed by atoms with van der Waals surface area (Å²) in [6.07, 6.45) is 1.90. The molecule has 1 aromatic heterocycles. The van der Waals surface area contributed by atoms with Crippen LogP contribution in [-0.2, 0) is 0 Å². The Bertz CT molecular complexity index is 1050. The SMILES string of the molecule is N#C/C(=C\c1ccc(-c2ccccc2)cc1)c1nc2ccccc2s1. The zero-order valence-corrected chi connectivity index (χ0v) is 14.2. The van der Waals surface area contributed by atoms with Crippen LogP contribution in [0.1, 0.15) is 10.6 Å². The summed E-state index contributed by atoms with van der Waals surface area (Å²) in [6.45, 7) is 0. The van der Waals surface area contributed by atoms with E-state index >= 15 is 0 Å². The number of thiazole rings is 1. The third-order valence-electron chi connectivity index (χ3n) is 3.97. The van der Waals surface area contributed by atoms with Gasteiger partial charge in [-0.05, 0) is 34.9 Å². The molecule has 3 aromatic carbocycles. The van der Waals surface area contributed by atoms with Crippen molar-refractivity contribution in [2.24, 2.45) is 0 Å². The lowest BCUT2D eigenvalue weighted by Crippen LogP contribution is -1.82. The monoisotopic (exact) mass is 338 g/mol. The summed E-state index contributed by atoms with van der Waals surface area (Å²) in [5.74, 6) is 0. The zero-order chi connectivity index (χ0) is 17.1.